The zero-order valence-corrected chi connectivity index (χ0v) is 19.2. The Morgan fingerprint density at radius 2 is 1.83 bits per heavy atom. The SMILES string of the molecule is CCCN1C(=O)/C(=C\c2ccc(OS(=O)(=O)c3ccc(C)cc3)c(OC)c2)SC1=S. The highest BCUT2D eigenvalue weighted by Gasteiger charge is 2.31. The summed E-state index contributed by atoms with van der Waals surface area (Å²) in [7, 11) is -2.58. The molecule has 1 saturated heterocycles. The third kappa shape index (κ3) is 4.85. The molecule has 0 N–H and O–H groups in total. The molecule has 3 rings (SSSR count). The molecule has 30 heavy (non-hydrogen) atoms. The highest BCUT2D eigenvalue weighted by atomic mass is 32.2. The molecular formula is C21H21NO5S3. The molecule has 0 bridgehead atoms. The Morgan fingerprint density at radius 3 is 2.47 bits per heavy atom. The van der Waals surface area contributed by atoms with E-state index < -0.39 is 10.1 Å². The number of thiocarbonyl (C=S) groups is 1. The monoisotopic (exact) mass is 463 g/mol. The Hall–Kier alpha value is -2.36. The molecule has 0 radical (unpaired) electrons. The molecule has 158 valence electrons. The van der Waals surface area contributed by atoms with Gasteiger partial charge in [0.25, 0.3) is 5.91 Å². The number of hydrogen-bond acceptors (Lipinski definition) is 7. The van der Waals surface area contributed by atoms with Crippen molar-refractivity contribution in [3.63, 3.8) is 0 Å². The first kappa shape index (κ1) is 22.3. The van der Waals surface area contributed by atoms with Crippen LogP contribution in [0.4, 0.5) is 0 Å². The van der Waals surface area contributed by atoms with Gasteiger partial charge < -0.3 is 8.92 Å². The van der Waals surface area contributed by atoms with Crippen molar-refractivity contribution in [3.8, 4) is 11.5 Å². The Balaban J connectivity index is 1.86. The molecule has 0 aliphatic carbocycles. The number of nitrogens with zero attached hydrogens (tertiary/aromatic N) is 1. The summed E-state index contributed by atoms with van der Waals surface area (Å²) in [5.74, 6) is 0.172. The zero-order valence-electron chi connectivity index (χ0n) is 16.7. The second kappa shape index (κ2) is 9.20. The smallest absolute Gasteiger partial charge is 0.339 e. The van der Waals surface area contributed by atoms with Gasteiger partial charge in [0.05, 0.1) is 12.0 Å². The van der Waals surface area contributed by atoms with Crippen molar-refractivity contribution in [2.45, 2.75) is 25.2 Å². The topological polar surface area (TPSA) is 72.9 Å². The molecular weight excluding hydrogens is 442 g/mol. The minimum Gasteiger partial charge on any atom is -0.493 e. The minimum atomic E-state index is -4.01. The van der Waals surface area contributed by atoms with E-state index in [4.69, 9.17) is 21.1 Å². The van der Waals surface area contributed by atoms with Crippen molar-refractivity contribution in [2.75, 3.05) is 13.7 Å². The molecule has 1 amide bonds. The van der Waals surface area contributed by atoms with Gasteiger partial charge >= 0.3 is 10.1 Å². The van der Waals surface area contributed by atoms with Crippen LogP contribution in [0.3, 0.4) is 0 Å². The molecule has 2 aromatic carbocycles. The summed E-state index contributed by atoms with van der Waals surface area (Å²) in [6.45, 7) is 4.43. The van der Waals surface area contributed by atoms with E-state index in [1.165, 1.54) is 37.1 Å². The van der Waals surface area contributed by atoms with E-state index in [0.717, 1.165) is 12.0 Å². The molecule has 1 heterocycles. The van der Waals surface area contributed by atoms with Gasteiger partial charge in [-0.2, -0.15) is 8.42 Å². The first-order valence-electron chi connectivity index (χ1n) is 9.19. The molecule has 2 aromatic rings. The van der Waals surface area contributed by atoms with Gasteiger partial charge in [-0.1, -0.05) is 54.7 Å². The molecule has 1 aliphatic rings. The average molecular weight is 464 g/mol. The molecule has 0 aromatic heterocycles. The summed E-state index contributed by atoms with van der Waals surface area (Å²) in [4.78, 5) is 14.7. The number of methoxy groups -OCH3 is 1. The average Bonchev–Trinajstić information content (AvgIpc) is 2.97. The van der Waals surface area contributed by atoms with Gasteiger partial charge in [-0.25, -0.2) is 0 Å². The summed E-state index contributed by atoms with van der Waals surface area (Å²) in [5, 5.41) is 0. The molecule has 0 atom stereocenters. The van der Waals surface area contributed by atoms with Crippen LogP contribution in [0.5, 0.6) is 11.5 Å². The largest absolute Gasteiger partial charge is 0.493 e. The summed E-state index contributed by atoms with van der Waals surface area (Å²) < 4.78 is 36.3. The van der Waals surface area contributed by atoms with Crippen LogP contribution in [0.1, 0.15) is 24.5 Å². The third-order valence-electron chi connectivity index (χ3n) is 4.32. The highest BCUT2D eigenvalue weighted by molar-refractivity contribution is 8.26. The highest BCUT2D eigenvalue weighted by Crippen LogP contribution is 2.35. The number of benzene rings is 2. The zero-order chi connectivity index (χ0) is 21.9. The first-order valence-corrected chi connectivity index (χ1v) is 11.8. The molecule has 0 spiro atoms. The Kier molecular flexibility index (Phi) is 6.84. The van der Waals surface area contributed by atoms with Crippen molar-refractivity contribution < 1.29 is 22.1 Å². The van der Waals surface area contributed by atoms with Crippen molar-refractivity contribution in [3.05, 3.63) is 58.5 Å². The standard InChI is InChI=1S/C21H21NO5S3/c1-4-11-22-20(23)19(29-21(22)28)13-15-7-10-17(18(12-15)26-3)27-30(24,25)16-8-5-14(2)6-9-16/h5-10,12-13H,4,11H2,1-3H3/b19-13+. The van der Waals surface area contributed by atoms with Gasteiger partial charge in [-0.3, -0.25) is 9.69 Å². The Bertz CT molecular complexity index is 1110. The number of amides is 1. The van der Waals surface area contributed by atoms with E-state index in [1.54, 1.807) is 35.2 Å². The van der Waals surface area contributed by atoms with Crippen LogP contribution in [0.25, 0.3) is 6.08 Å². The summed E-state index contributed by atoms with van der Waals surface area (Å²) in [6, 6.07) is 11.2. The van der Waals surface area contributed by atoms with Crippen LogP contribution in [-0.4, -0.2) is 37.2 Å². The summed E-state index contributed by atoms with van der Waals surface area (Å²) in [6.07, 6.45) is 2.52. The lowest BCUT2D eigenvalue weighted by Crippen LogP contribution is -2.28. The maximum Gasteiger partial charge on any atom is 0.339 e. The number of carbonyl (C=O) groups excluding carboxylic acids is 1. The minimum absolute atomic E-state index is 0.0545. The molecule has 0 saturated carbocycles. The van der Waals surface area contributed by atoms with Crippen molar-refractivity contribution in [1.29, 1.82) is 0 Å². The van der Waals surface area contributed by atoms with E-state index in [1.807, 2.05) is 13.8 Å². The number of aryl methyl sites for hydroxylation is 1. The van der Waals surface area contributed by atoms with Gasteiger partial charge in [0.2, 0.25) is 0 Å². The number of ether oxygens (including phenoxy) is 1. The maximum atomic E-state index is 12.6. The molecule has 9 heteroatoms. The van der Waals surface area contributed by atoms with E-state index in [2.05, 4.69) is 0 Å². The van der Waals surface area contributed by atoms with Gasteiger partial charge in [0.1, 0.15) is 9.22 Å². The van der Waals surface area contributed by atoms with Gasteiger partial charge in [-0.05, 0) is 49.2 Å². The van der Waals surface area contributed by atoms with Crippen molar-refractivity contribution in [2.24, 2.45) is 0 Å². The number of rotatable bonds is 7. The van der Waals surface area contributed by atoms with E-state index in [-0.39, 0.29) is 22.3 Å². The molecule has 6 nitrogen and oxygen atoms in total. The lowest BCUT2D eigenvalue weighted by Gasteiger charge is -2.12. The molecule has 0 unspecified atom stereocenters. The summed E-state index contributed by atoms with van der Waals surface area (Å²) in [5.41, 5.74) is 1.61. The van der Waals surface area contributed by atoms with Crippen LogP contribution in [0.2, 0.25) is 0 Å². The normalized spacial score (nSPS) is 15.7. The molecule has 1 fully saturated rings. The van der Waals surface area contributed by atoms with Crippen LogP contribution < -0.4 is 8.92 Å². The fourth-order valence-electron chi connectivity index (χ4n) is 2.78. The van der Waals surface area contributed by atoms with E-state index in [0.29, 0.717) is 21.3 Å². The fraction of sp³-hybridized carbons (Fsp3) is 0.238. The predicted octanol–water partition coefficient (Wildman–Crippen LogP) is 4.38. The van der Waals surface area contributed by atoms with Crippen LogP contribution in [0, 0.1) is 6.92 Å². The number of thioether (sulfide) groups is 1. The Labute approximate surface area is 186 Å². The second-order valence-corrected chi connectivity index (χ2v) is 9.82. The predicted molar refractivity (Wildman–Crippen MR) is 122 cm³/mol. The fourth-order valence-corrected chi connectivity index (χ4v) is 5.03. The number of hydrogen-bond donors (Lipinski definition) is 0. The molecule has 1 aliphatic heterocycles. The Morgan fingerprint density at radius 1 is 1.13 bits per heavy atom. The van der Waals surface area contributed by atoms with Gasteiger partial charge in [0.15, 0.2) is 11.5 Å². The van der Waals surface area contributed by atoms with Crippen LogP contribution in [0.15, 0.2) is 52.3 Å². The van der Waals surface area contributed by atoms with Crippen LogP contribution >= 0.6 is 24.0 Å². The maximum absolute atomic E-state index is 12.6. The lowest BCUT2D eigenvalue weighted by atomic mass is 10.2. The quantitative estimate of drug-likeness (QED) is 0.343. The lowest BCUT2D eigenvalue weighted by molar-refractivity contribution is -0.122. The summed E-state index contributed by atoms with van der Waals surface area (Å²) >= 11 is 6.52. The third-order valence-corrected chi connectivity index (χ3v) is 6.94. The number of carbonyl (C=O) groups is 1. The second-order valence-electron chi connectivity index (χ2n) is 6.59. The van der Waals surface area contributed by atoms with E-state index in [9.17, 15) is 13.2 Å². The van der Waals surface area contributed by atoms with Gasteiger partial charge in [-0.15, -0.1) is 0 Å². The van der Waals surface area contributed by atoms with Crippen molar-refractivity contribution in [1.82, 2.24) is 4.90 Å². The van der Waals surface area contributed by atoms with Crippen molar-refractivity contribution >= 4 is 50.4 Å². The van der Waals surface area contributed by atoms with E-state index >= 15 is 0 Å². The first-order chi connectivity index (χ1) is 14.2. The van der Waals surface area contributed by atoms with Crippen LogP contribution in [-0.2, 0) is 14.9 Å². The van der Waals surface area contributed by atoms with Gasteiger partial charge in [0, 0.05) is 6.54 Å².